The van der Waals surface area contributed by atoms with Crippen molar-refractivity contribution in [1.29, 1.82) is 0 Å². The number of H-pyrrole nitrogens is 1. The van der Waals surface area contributed by atoms with E-state index in [2.05, 4.69) is 4.98 Å². The van der Waals surface area contributed by atoms with Gasteiger partial charge in [0.1, 0.15) is 12.0 Å². The maximum atomic E-state index is 11.8. The molecule has 0 amide bonds. The molecule has 0 fully saturated rings. The summed E-state index contributed by atoms with van der Waals surface area (Å²) in [4.78, 5) is 25.1. The maximum Gasteiger partial charge on any atom is 0.330 e. The van der Waals surface area contributed by atoms with Crippen LogP contribution in [0.5, 0.6) is 5.75 Å². The normalized spacial score (nSPS) is 14.7. The van der Waals surface area contributed by atoms with Gasteiger partial charge in [0, 0.05) is 18.9 Å². The molecule has 0 saturated heterocycles. The number of rotatable bonds is 9. The third-order valence-electron chi connectivity index (χ3n) is 3.51. The number of aromatic nitrogens is 2. The Morgan fingerprint density at radius 1 is 1.20 bits per heavy atom. The summed E-state index contributed by atoms with van der Waals surface area (Å²) < 4.78 is 18.7. The monoisotopic (exact) mass is 366 g/mol. The van der Waals surface area contributed by atoms with Crippen LogP contribution in [0.1, 0.15) is 26.5 Å². The summed E-state index contributed by atoms with van der Waals surface area (Å²) in [5.41, 5.74) is -0.931. The van der Waals surface area contributed by atoms with Crippen LogP contribution in [0.3, 0.4) is 0 Å². The van der Waals surface area contributed by atoms with Crippen LogP contribution < -0.4 is 15.8 Å². The minimum atomic E-state index is -1.08. The molecule has 1 N–H and O–H groups in total. The Balaban J connectivity index is 1.87. The number of nitrogens with zero attached hydrogens (tertiary/aromatic N) is 1. The van der Waals surface area contributed by atoms with Gasteiger partial charge in [-0.15, -0.1) is 0 Å². The average molecular weight is 366 g/mol. The summed E-state index contributed by atoms with van der Waals surface area (Å²) in [6.45, 7) is 5.96. The summed E-state index contributed by atoms with van der Waals surface area (Å²) in [5, 5.41) is 0. The minimum Gasteiger partial charge on any atom is -0.448 e. The predicted molar refractivity (Wildman–Crippen MR) is 97.1 cm³/mol. The van der Waals surface area contributed by atoms with Gasteiger partial charge in [0.15, 0.2) is 0 Å². The molecule has 136 valence electrons. The summed E-state index contributed by atoms with van der Waals surface area (Å²) in [6.07, 6.45) is 1.43. The molecule has 1 unspecified atom stereocenters. The Kier molecular flexibility index (Phi) is 7.37. The summed E-state index contributed by atoms with van der Waals surface area (Å²) in [5.74, 6) is 0.762. The fraction of sp³-hybridized carbons (Fsp3) is 0.412. The molecule has 1 aromatic carbocycles. The fourth-order valence-corrected chi connectivity index (χ4v) is 3.00. The highest BCUT2D eigenvalue weighted by Crippen LogP contribution is 2.35. The van der Waals surface area contributed by atoms with Gasteiger partial charge in [0.05, 0.1) is 12.7 Å². The lowest BCUT2D eigenvalue weighted by Crippen LogP contribution is -2.33. The second kappa shape index (κ2) is 9.51. The van der Waals surface area contributed by atoms with Gasteiger partial charge in [-0.3, -0.25) is 14.3 Å². The standard InChI is InChI=1S/C17H23N2O5P/c1-4-14(12-22-25(3)24-15-8-6-5-7-9-15)23-13(2)19-11-10-16(20)18-17(19)21/h5-11,13-14H,4,12H2,1-3H3,(H,18,20,21)/t13-,14+,25?/m1/s1. The van der Waals surface area contributed by atoms with Crippen molar-refractivity contribution in [3.8, 4) is 5.75 Å². The van der Waals surface area contributed by atoms with Gasteiger partial charge in [0.2, 0.25) is 8.38 Å². The first-order valence-corrected chi connectivity index (χ1v) is 9.68. The van der Waals surface area contributed by atoms with Crippen molar-refractivity contribution in [2.45, 2.75) is 32.6 Å². The van der Waals surface area contributed by atoms with E-state index in [-0.39, 0.29) is 6.10 Å². The molecule has 0 spiro atoms. The van der Waals surface area contributed by atoms with E-state index in [9.17, 15) is 9.59 Å². The molecular weight excluding hydrogens is 343 g/mol. The van der Waals surface area contributed by atoms with E-state index in [0.717, 1.165) is 12.2 Å². The second-order valence-electron chi connectivity index (χ2n) is 5.42. The zero-order valence-electron chi connectivity index (χ0n) is 14.5. The van der Waals surface area contributed by atoms with Crippen molar-refractivity contribution in [2.24, 2.45) is 0 Å². The van der Waals surface area contributed by atoms with Crippen molar-refractivity contribution in [3.05, 3.63) is 63.4 Å². The summed E-state index contributed by atoms with van der Waals surface area (Å²) in [7, 11) is -1.08. The lowest BCUT2D eigenvalue weighted by Gasteiger charge is -2.23. The Morgan fingerprint density at radius 2 is 1.92 bits per heavy atom. The van der Waals surface area contributed by atoms with E-state index in [1.165, 1.54) is 16.8 Å². The predicted octanol–water partition coefficient (Wildman–Crippen LogP) is 2.89. The first-order valence-electron chi connectivity index (χ1n) is 8.06. The van der Waals surface area contributed by atoms with Gasteiger partial charge in [0.25, 0.3) is 5.56 Å². The fourth-order valence-electron chi connectivity index (χ4n) is 2.16. The molecule has 8 heteroatoms. The molecular formula is C17H23N2O5P. The van der Waals surface area contributed by atoms with Gasteiger partial charge < -0.3 is 13.8 Å². The molecule has 0 saturated carbocycles. The number of benzene rings is 1. The minimum absolute atomic E-state index is 0.196. The second-order valence-corrected chi connectivity index (χ2v) is 6.74. The third kappa shape index (κ3) is 6.12. The van der Waals surface area contributed by atoms with Gasteiger partial charge in [-0.1, -0.05) is 25.1 Å². The SMILES string of the molecule is CC[C@@H](COP(C)Oc1ccccc1)O[C@H](C)n1ccc(=O)[nH]c1=O. The zero-order chi connectivity index (χ0) is 18.2. The third-order valence-corrected chi connectivity index (χ3v) is 4.49. The summed E-state index contributed by atoms with van der Waals surface area (Å²) >= 11 is 0. The highest BCUT2D eigenvalue weighted by molar-refractivity contribution is 7.46. The molecule has 2 rings (SSSR count). The van der Waals surface area contributed by atoms with Crippen LogP contribution in [0, 0.1) is 0 Å². The van der Waals surface area contributed by atoms with Gasteiger partial charge >= 0.3 is 5.69 Å². The molecule has 1 aromatic heterocycles. The number of nitrogens with one attached hydrogen (secondary N) is 1. The lowest BCUT2D eigenvalue weighted by atomic mass is 10.3. The number of hydrogen-bond donors (Lipinski definition) is 1. The van der Waals surface area contributed by atoms with Crippen LogP contribution in [-0.4, -0.2) is 28.9 Å². The summed E-state index contributed by atoms with van der Waals surface area (Å²) in [6, 6.07) is 10.8. The van der Waals surface area contributed by atoms with Crippen molar-refractivity contribution in [1.82, 2.24) is 9.55 Å². The van der Waals surface area contributed by atoms with E-state index in [0.29, 0.717) is 6.61 Å². The maximum absolute atomic E-state index is 11.8. The molecule has 0 aliphatic carbocycles. The molecule has 7 nitrogen and oxygen atoms in total. The molecule has 2 aromatic rings. The van der Waals surface area contributed by atoms with Crippen LogP contribution >= 0.6 is 8.38 Å². The van der Waals surface area contributed by atoms with Crippen LogP contribution in [0.4, 0.5) is 0 Å². The van der Waals surface area contributed by atoms with Crippen LogP contribution in [-0.2, 0) is 9.26 Å². The van der Waals surface area contributed by atoms with Crippen molar-refractivity contribution < 1.29 is 13.8 Å². The zero-order valence-corrected chi connectivity index (χ0v) is 15.4. The van der Waals surface area contributed by atoms with E-state index in [1.54, 1.807) is 6.92 Å². The molecule has 0 radical (unpaired) electrons. The molecule has 0 aliphatic heterocycles. The van der Waals surface area contributed by atoms with E-state index < -0.39 is 25.9 Å². The lowest BCUT2D eigenvalue weighted by molar-refractivity contribution is -0.0635. The van der Waals surface area contributed by atoms with E-state index in [4.69, 9.17) is 13.8 Å². The first kappa shape index (κ1) is 19.4. The van der Waals surface area contributed by atoms with Crippen LogP contribution in [0.25, 0.3) is 0 Å². The molecule has 0 bridgehead atoms. The Hall–Kier alpha value is -1.95. The highest BCUT2D eigenvalue weighted by Gasteiger charge is 2.16. The van der Waals surface area contributed by atoms with Gasteiger partial charge in [-0.05, 0) is 25.5 Å². The number of para-hydroxylation sites is 1. The van der Waals surface area contributed by atoms with Crippen LogP contribution in [0.2, 0.25) is 0 Å². The molecule has 3 atom stereocenters. The van der Waals surface area contributed by atoms with Gasteiger partial charge in [-0.2, -0.15) is 0 Å². The number of aromatic amines is 1. The van der Waals surface area contributed by atoms with Gasteiger partial charge in [-0.25, -0.2) is 4.79 Å². The highest BCUT2D eigenvalue weighted by atomic mass is 31.2. The Bertz CT molecular complexity index is 761. The van der Waals surface area contributed by atoms with Crippen molar-refractivity contribution >= 4 is 8.38 Å². The molecule has 1 heterocycles. The molecule has 0 aliphatic rings. The van der Waals surface area contributed by atoms with Crippen molar-refractivity contribution in [2.75, 3.05) is 13.3 Å². The number of ether oxygens (including phenoxy) is 1. The topological polar surface area (TPSA) is 82.6 Å². The Morgan fingerprint density at radius 3 is 2.56 bits per heavy atom. The number of hydrogen-bond acceptors (Lipinski definition) is 5. The first-order chi connectivity index (χ1) is 12.0. The average Bonchev–Trinajstić information content (AvgIpc) is 2.59. The Labute approximate surface area is 147 Å². The van der Waals surface area contributed by atoms with E-state index in [1.807, 2.05) is 43.9 Å². The van der Waals surface area contributed by atoms with E-state index >= 15 is 0 Å². The smallest absolute Gasteiger partial charge is 0.330 e. The van der Waals surface area contributed by atoms with Crippen LogP contribution in [0.15, 0.2) is 52.2 Å². The largest absolute Gasteiger partial charge is 0.448 e. The molecule has 25 heavy (non-hydrogen) atoms. The quantitative estimate of drug-likeness (QED) is 0.690. The van der Waals surface area contributed by atoms with Crippen molar-refractivity contribution in [3.63, 3.8) is 0 Å².